The van der Waals surface area contributed by atoms with E-state index in [-0.39, 0.29) is 6.03 Å². The Hall–Kier alpha value is -2.69. The molecule has 1 aromatic heterocycles. The Morgan fingerprint density at radius 3 is 2.65 bits per heavy atom. The molecule has 1 aliphatic heterocycles. The third kappa shape index (κ3) is 4.10. The van der Waals surface area contributed by atoms with Gasteiger partial charge in [-0.2, -0.15) is 0 Å². The van der Waals surface area contributed by atoms with E-state index >= 15 is 0 Å². The normalized spacial score (nSPS) is 16.9. The van der Waals surface area contributed by atoms with Crippen LogP contribution >= 0.6 is 0 Å². The Morgan fingerprint density at radius 2 is 1.92 bits per heavy atom. The van der Waals surface area contributed by atoms with Crippen molar-refractivity contribution in [1.29, 1.82) is 0 Å². The molecule has 26 heavy (non-hydrogen) atoms. The summed E-state index contributed by atoms with van der Waals surface area (Å²) >= 11 is 0. The number of rotatable bonds is 5. The molecule has 1 N–H and O–H groups in total. The number of amides is 2. The molecule has 4 rings (SSSR count). The largest absolute Gasteiger partial charge is 0.338 e. The number of carbonyl (C=O) groups is 1. The van der Waals surface area contributed by atoms with Gasteiger partial charge in [0.05, 0.1) is 0 Å². The van der Waals surface area contributed by atoms with Gasteiger partial charge in [0.1, 0.15) is 5.82 Å². The van der Waals surface area contributed by atoms with Crippen LogP contribution in [0.1, 0.15) is 42.1 Å². The summed E-state index contributed by atoms with van der Waals surface area (Å²) in [5.74, 6) is 1.54. The standard InChI is InChI=1S/C21H24N4O/c26-21(22-11-10-16-13-23-20(24-14-16)18-8-9-18)25-12-4-7-19(15-25)17-5-2-1-3-6-17/h1-3,5-7,13-14,18H,4,8-12,15H2,(H,22,26). The second-order valence-electron chi connectivity index (χ2n) is 7.01. The summed E-state index contributed by atoms with van der Waals surface area (Å²) < 4.78 is 0. The predicted molar refractivity (Wildman–Crippen MR) is 102 cm³/mol. The molecule has 2 aliphatic rings. The first-order valence-corrected chi connectivity index (χ1v) is 9.37. The Balaban J connectivity index is 1.26. The molecule has 0 bridgehead atoms. The summed E-state index contributed by atoms with van der Waals surface area (Å²) in [5, 5.41) is 3.03. The van der Waals surface area contributed by atoms with Gasteiger partial charge in [-0.25, -0.2) is 14.8 Å². The van der Waals surface area contributed by atoms with Gasteiger partial charge in [0.2, 0.25) is 0 Å². The first-order chi connectivity index (χ1) is 12.8. The molecule has 2 aromatic rings. The second kappa shape index (κ2) is 7.68. The summed E-state index contributed by atoms with van der Waals surface area (Å²) in [6, 6.07) is 10.3. The number of carbonyl (C=O) groups excluding carboxylic acids is 1. The van der Waals surface area contributed by atoms with Crippen molar-refractivity contribution < 1.29 is 4.79 Å². The number of hydrogen-bond donors (Lipinski definition) is 1. The highest BCUT2D eigenvalue weighted by Gasteiger charge is 2.26. The molecule has 2 amide bonds. The molecule has 2 heterocycles. The minimum absolute atomic E-state index is 0.00190. The maximum absolute atomic E-state index is 12.5. The molecule has 0 atom stereocenters. The second-order valence-corrected chi connectivity index (χ2v) is 7.01. The van der Waals surface area contributed by atoms with E-state index in [2.05, 4.69) is 33.5 Å². The van der Waals surface area contributed by atoms with Gasteiger partial charge in [0.25, 0.3) is 0 Å². The lowest BCUT2D eigenvalue weighted by Gasteiger charge is -2.27. The zero-order chi connectivity index (χ0) is 17.8. The van der Waals surface area contributed by atoms with E-state index in [9.17, 15) is 4.79 Å². The quantitative estimate of drug-likeness (QED) is 0.901. The number of aromatic nitrogens is 2. The van der Waals surface area contributed by atoms with Crippen LogP contribution in [-0.4, -0.2) is 40.5 Å². The van der Waals surface area contributed by atoms with E-state index in [0.29, 0.717) is 19.0 Å². The fourth-order valence-corrected chi connectivity index (χ4v) is 3.25. The third-order valence-electron chi connectivity index (χ3n) is 4.94. The van der Waals surface area contributed by atoms with Gasteiger partial charge < -0.3 is 10.2 Å². The van der Waals surface area contributed by atoms with Crippen molar-refractivity contribution >= 4 is 11.6 Å². The van der Waals surface area contributed by atoms with Crippen LogP contribution in [0.4, 0.5) is 4.79 Å². The number of nitrogens with zero attached hydrogens (tertiary/aromatic N) is 3. The Bertz CT molecular complexity index is 781. The molecule has 134 valence electrons. The van der Waals surface area contributed by atoms with Crippen molar-refractivity contribution in [2.75, 3.05) is 19.6 Å². The third-order valence-corrected chi connectivity index (χ3v) is 4.94. The van der Waals surface area contributed by atoms with Crippen molar-refractivity contribution in [3.63, 3.8) is 0 Å². The lowest BCUT2D eigenvalue weighted by Crippen LogP contribution is -2.43. The maximum atomic E-state index is 12.5. The average molecular weight is 348 g/mol. The number of benzene rings is 1. The van der Waals surface area contributed by atoms with E-state index in [1.165, 1.54) is 24.0 Å². The minimum Gasteiger partial charge on any atom is -0.338 e. The van der Waals surface area contributed by atoms with Crippen molar-refractivity contribution in [1.82, 2.24) is 20.2 Å². The molecule has 1 aliphatic carbocycles. The topological polar surface area (TPSA) is 58.1 Å². The van der Waals surface area contributed by atoms with E-state index in [1.54, 1.807) is 0 Å². The first kappa shape index (κ1) is 16.8. The molecule has 0 unspecified atom stereocenters. The van der Waals surface area contributed by atoms with Crippen molar-refractivity contribution in [3.8, 4) is 0 Å². The van der Waals surface area contributed by atoms with E-state index in [4.69, 9.17) is 0 Å². The van der Waals surface area contributed by atoms with Crippen LogP contribution in [0.25, 0.3) is 5.57 Å². The fraction of sp³-hybridized carbons (Fsp3) is 0.381. The fourth-order valence-electron chi connectivity index (χ4n) is 3.25. The Kier molecular flexibility index (Phi) is 4.95. The van der Waals surface area contributed by atoms with E-state index in [1.807, 2.05) is 35.5 Å². The molecule has 1 aromatic carbocycles. The highest BCUT2D eigenvalue weighted by Crippen LogP contribution is 2.37. The Morgan fingerprint density at radius 1 is 1.15 bits per heavy atom. The summed E-state index contributed by atoms with van der Waals surface area (Å²) in [6.07, 6.45) is 10.1. The minimum atomic E-state index is 0.00190. The zero-order valence-electron chi connectivity index (χ0n) is 14.9. The zero-order valence-corrected chi connectivity index (χ0v) is 14.9. The lowest BCUT2D eigenvalue weighted by atomic mass is 10.0. The van der Waals surface area contributed by atoms with Crippen LogP contribution in [0.3, 0.4) is 0 Å². The summed E-state index contributed by atoms with van der Waals surface area (Å²) in [6.45, 7) is 2.03. The Labute approximate surface area is 154 Å². The predicted octanol–water partition coefficient (Wildman–Crippen LogP) is 3.40. The van der Waals surface area contributed by atoms with Crippen LogP contribution in [0.15, 0.2) is 48.8 Å². The van der Waals surface area contributed by atoms with Crippen LogP contribution in [0, 0.1) is 0 Å². The van der Waals surface area contributed by atoms with Gasteiger partial charge in [0.15, 0.2) is 0 Å². The summed E-state index contributed by atoms with van der Waals surface area (Å²) in [5.41, 5.74) is 3.48. The van der Waals surface area contributed by atoms with Gasteiger partial charge in [-0.15, -0.1) is 0 Å². The van der Waals surface area contributed by atoms with Crippen LogP contribution in [-0.2, 0) is 6.42 Å². The van der Waals surface area contributed by atoms with Crippen molar-refractivity contribution in [3.05, 3.63) is 65.8 Å². The molecule has 0 saturated heterocycles. The van der Waals surface area contributed by atoms with Gasteiger partial charge in [0, 0.05) is 37.9 Å². The van der Waals surface area contributed by atoms with Crippen LogP contribution in [0.2, 0.25) is 0 Å². The molecule has 1 fully saturated rings. The highest BCUT2D eigenvalue weighted by molar-refractivity contribution is 5.78. The highest BCUT2D eigenvalue weighted by atomic mass is 16.2. The van der Waals surface area contributed by atoms with Crippen LogP contribution < -0.4 is 5.32 Å². The van der Waals surface area contributed by atoms with Crippen molar-refractivity contribution in [2.24, 2.45) is 0 Å². The SMILES string of the molecule is O=C(NCCc1cnc(C2CC2)nc1)N1CCC=C(c2ccccc2)C1. The molecule has 5 nitrogen and oxygen atoms in total. The molecular weight excluding hydrogens is 324 g/mol. The summed E-state index contributed by atoms with van der Waals surface area (Å²) in [7, 11) is 0. The van der Waals surface area contributed by atoms with Gasteiger partial charge in [-0.3, -0.25) is 0 Å². The molecule has 5 heteroatoms. The van der Waals surface area contributed by atoms with E-state index in [0.717, 1.165) is 30.8 Å². The summed E-state index contributed by atoms with van der Waals surface area (Å²) in [4.78, 5) is 23.2. The average Bonchev–Trinajstić information content (AvgIpc) is 3.55. The van der Waals surface area contributed by atoms with Gasteiger partial charge in [-0.05, 0) is 42.4 Å². The molecular formula is C21H24N4O. The van der Waals surface area contributed by atoms with Gasteiger partial charge >= 0.3 is 6.03 Å². The number of urea groups is 1. The first-order valence-electron chi connectivity index (χ1n) is 9.37. The smallest absolute Gasteiger partial charge is 0.317 e. The molecule has 1 saturated carbocycles. The van der Waals surface area contributed by atoms with Crippen molar-refractivity contribution in [2.45, 2.75) is 31.6 Å². The van der Waals surface area contributed by atoms with Gasteiger partial charge in [-0.1, -0.05) is 36.4 Å². The molecule has 0 spiro atoms. The van der Waals surface area contributed by atoms with Crippen LogP contribution in [0.5, 0.6) is 0 Å². The lowest BCUT2D eigenvalue weighted by molar-refractivity contribution is 0.204. The molecule has 0 radical (unpaired) electrons. The monoisotopic (exact) mass is 348 g/mol. The number of nitrogens with one attached hydrogen (secondary N) is 1. The maximum Gasteiger partial charge on any atom is 0.317 e. The number of hydrogen-bond acceptors (Lipinski definition) is 3. The van der Waals surface area contributed by atoms with E-state index < -0.39 is 0 Å².